The first-order chi connectivity index (χ1) is 14.2. The second-order valence-corrected chi connectivity index (χ2v) is 13.8. The molecule has 0 aliphatic heterocycles. The van der Waals surface area contributed by atoms with Crippen LogP contribution in [0.2, 0.25) is 0 Å². The van der Waals surface area contributed by atoms with Crippen LogP contribution in [0, 0.1) is 0 Å². The molecule has 0 saturated carbocycles. The van der Waals surface area contributed by atoms with E-state index in [2.05, 4.69) is 27.7 Å². The van der Waals surface area contributed by atoms with E-state index in [1.165, 1.54) is 25.7 Å². The van der Waals surface area contributed by atoms with Crippen molar-refractivity contribution in [2.45, 2.75) is 130 Å². The van der Waals surface area contributed by atoms with Gasteiger partial charge in [0.2, 0.25) is 0 Å². The molecule has 31 heavy (non-hydrogen) atoms. The molecule has 0 aromatic carbocycles. The predicted molar refractivity (Wildman–Crippen MR) is 137 cm³/mol. The molecule has 0 saturated heterocycles. The van der Waals surface area contributed by atoms with E-state index in [0.29, 0.717) is 24.6 Å². The van der Waals surface area contributed by atoms with Crippen molar-refractivity contribution in [3.63, 3.8) is 0 Å². The van der Waals surface area contributed by atoms with E-state index < -0.39 is 14.7 Å². The topological polar surface area (TPSA) is 80.3 Å². The second kappa shape index (κ2) is 26.2. The molecule has 0 N–H and O–H groups in total. The molecule has 184 valence electrons. The monoisotopic (exact) mass is 506 g/mol. The normalized spacial score (nSPS) is 11.5. The summed E-state index contributed by atoms with van der Waals surface area (Å²) in [6, 6.07) is 0. The number of unbranched alkanes of at least 4 members (excludes halogenated alkanes) is 12. The molecule has 0 heterocycles. The van der Waals surface area contributed by atoms with Crippen molar-refractivity contribution < 1.29 is 18.9 Å². The van der Waals surface area contributed by atoms with Crippen LogP contribution in [0.5, 0.6) is 0 Å². The molecule has 0 fully saturated rings. The van der Waals surface area contributed by atoms with Gasteiger partial charge in [-0.3, -0.25) is 0 Å². The van der Waals surface area contributed by atoms with Crippen molar-refractivity contribution >= 4 is 52.5 Å². The molecule has 0 aliphatic rings. The molecule has 0 aromatic heterocycles. The molecule has 0 rings (SSSR count). The third-order valence-electron chi connectivity index (χ3n) is 5.41. The minimum absolute atomic E-state index is 0. The third-order valence-corrected chi connectivity index (χ3v) is 9.40. The van der Waals surface area contributed by atoms with Gasteiger partial charge in [0, 0.05) is 14.7 Å². The Morgan fingerprint density at radius 3 is 0.774 bits per heavy atom. The van der Waals surface area contributed by atoms with Gasteiger partial charge >= 0.3 is 37.7 Å². The summed E-state index contributed by atoms with van der Waals surface area (Å²) in [5.74, 6) is 0. The molecule has 0 atom stereocenters. The minimum atomic E-state index is -3.02. The fraction of sp³-hybridized carbons (Fsp3) is 1.00. The van der Waals surface area contributed by atoms with Gasteiger partial charge in [0.05, 0.1) is 0 Å². The van der Waals surface area contributed by atoms with E-state index in [-0.39, 0.29) is 37.7 Å². The summed E-state index contributed by atoms with van der Waals surface area (Å²) >= 11 is 0. The van der Waals surface area contributed by atoms with E-state index in [9.17, 15) is 18.9 Å². The molecule has 0 unspecified atom stereocenters. The van der Waals surface area contributed by atoms with Crippen LogP contribution in [0.25, 0.3) is 0 Å². The van der Waals surface area contributed by atoms with Gasteiger partial charge in [-0.1, -0.05) is 105 Å². The Balaban J connectivity index is -0.000000490. The van der Waals surface area contributed by atoms with Gasteiger partial charge < -0.3 is 18.9 Å². The fourth-order valence-corrected chi connectivity index (χ4v) is 6.61. The molecular weight excluding hydrogens is 454 g/mol. The number of hydrogen-bond donors (Lipinski definition) is 0. The van der Waals surface area contributed by atoms with E-state index >= 15 is 0 Å². The average Bonchev–Trinajstić information content (AvgIpc) is 2.70. The predicted octanol–water partition coefficient (Wildman–Crippen LogP) is 7.19. The van der Waals surface area contributed by atoms with Crippen LogP contribution < -0.4 is 9.79 Å². The zero-order valence-electron chi connectivity index (χ0n) is 21.4. The van der Waals surface area contributed by atoms with Crippen molar-refractivity contribution in [3.05, 3.63) is 0 Å². The Labute approximate surface area is 225 Å². The van der Waals surface area contributed by atoms with Crippen LogP contribution in [0.1, 0.15) is 130 Å². The summed E-state index contributed by atoms with van der Waals surface area (Å²) < 4.78 is 23.2. The van der Waals surface area contributed by atoms with Gasteiger partial charge in [0.25, 0.3) is 0 Å². The van der Waals surface area contributed by atoms with Gasteiger partial charge in [-0.15, -0.1) is 0 Å². The van der Waals surface area contributed by atoms with Crippen molar-refractivity contribution in [1.29, 1.82) is 0 Å². The molecule has 7 heteroatoms. The maximum absolute atomic E-state index is 11.6. The first kappa shape index (κ1) is 37.2. The van der Waals surface area contributed by atoms with Crippen molar-refractivity contribution in [1.82, 2.24) is 0 Å². The fourth-order valence-electron chi connectivity index (χ4n) is 3.34. The first-order valence-corrected chi connectivity index (χ1v) is 16.8. The summed E-state index contributed by atoms with van der Waals surface area (Å²) in [5, 5.41) is 0. The quantitative estimate of drug-likeness (QED) is 0.0994. The van der Waals surface area contributed by atoms with E-state index in [1.807, 2.05) is 0 Å². The van der Waals surface area contributed by atoms with Crippen LogP contribution in [-0.4, -0.2) is 62.4 Å². The van der Waals surface area contributed by atoms with Crippen molar-refractivity contribution in [2.24, 2.45) is 0 Å². The molecule has 0 aliphatic carbocycles. The van der Waals surface area contributed by atoms with Gasteiger partial charge in [0.15, 0.2) is 0 Å². The van der Waals surface area contributed by atoms with Crippen LogP contribution in [-0.2, 0) is 9.13 Å². The maximum Gasteiger partial charge on any atom is 2.00 e. The Morgan fingerprint density at radius 1 is 0.419 bits per heavy atom. The average molecular weight is 507 g/mol. The first-order valence-electron chi connectivity index (χ1n) is 12.8. The van der Waals surface area contributed by atoms with Crippen LogP contribution >= 0.6 is 14.7 Å². The summed E-state index contributed by atoms with van der Waals surface area (Å²) in [4.78, 5) is 23.2. The Morgan fingerprint density at radius 2 is 0.613 bits per heavy atom. The third kappa shape index (κ3) is 31.6. The summed E-state index contributed by atoms with van der Waals surface area (Å²) in [6.07, 6.45) is 18.8. The van der Waals surface area contributed by atoms with Gasteiger partial charge in [0.1, 0.15) is 0 Å². The Hall–Kier alpha value is 1.64. The Kier molecular flexibility index (Phi) is 31.5. The van der Waals surface area contributed by atoms with Gasteiger partial charge in [-0.25, -0.2) is 0 Å². The summed E-state index contributed by atoms with van der Waals surface area (Å²) in [6.45, 7) is 8.56. The summed E-state index contributed by atoms with van der Waals surface area (Å²) in [5.41, 5.74) is 0. The van der Waals surface area contributed by atoms with E-state index in [4.69, 9.17) is 0 Å². The SMILES string of the molecule is CCCCCCP(=O)([O-])CCCCCC.CCCCCCP(=O)([O-])CCCCCC.[Ca+2]. The smallest absolute Gasteiger partial charge is 0.799 e. The minimum Gasteiger partial charge on any atom is -0.799 e. The van der Waals surface area contributed by atoms with Gasteiger partial charge in [-0.05, 0) is 50.3 Å². The zero-order valence-corrected chi connectivity index (χ0v) is 25.4. The largest absolute Gasteiger partial charge is 2.00 e. The molecule has 0 amide bonds. The van der Waals surface area contributed by atoms with Crippen LogP contribution in [0.3, 0.4) is 0 Å². The van der Waals surface area contributed by atoms with E-state index in [1.54, 1.807) is 0 Å². The van der Waals surface area contributed by atoms with E-state index in [0.717, 1.165) is 77.0 Å². The van der Waals surface area contributed by atoms with Gasteiger partial charge in [-0.2, -0.15) is 0 Å². The molecule has 0 aromatic rings. The zero-order chi connectivity index (χ0) is 23.1. The molecule has 0 radical (unpaired) electrons. The van der Waals surface area contributed by atoms with Crippen molar-refractivity contribution in [2.75, 3.05) is 24.6 Å². The summed E-state index contributed by atoms with van der Waals surface area (Å²) in [7, 11) is -6.05. The second-order valence-electron chi connectivity index (χ2n) is 8.77. The van der Waals surface area contributed by atoms with Crippen molar-refractivity contribution in [3.8, 4) is 0 Å². The Bertz CT molecular complexity index is 375. The molecule has 0 bridgehead atoms. The molecule has 4 nitrogen and oxygen atoms in total. The van der Waals surface area contributed by atoms with Crippen LogP contribution in [0.15, 0.2) is 0 Å². The standard InChI is InChI=1S/2C12H27O2P.Ca/c2*1-3-5-7-9-11-15(13,14)12-10-8-6-4-2;/h2*3-12H2,1-2H3,(H,13,14);/q;;+2/p-2. The van der Waals surface area contributed by atoms with Crippen LogP contribution in [0.4, 0.5) is 0 Å². The number of rotatable bonds is 20. The molecular formula is C24H52CaO4P2. The maximum atomic E-state index is 11.6. The molecule has 0 spiro atoms. The number of hydrogen-bond acceptors (Lipinski definition) is 4.